The molecule has 0 heterocycles. The third-order valence-corrected chi connectivity index (χ3v) is 3.35. The molecule has 0 fully saturated rings. The van der Waals surface area contributed by atoms with Crippen molar-refractivity contribution in [2.75, 3.05) is 13.2 Å². The van der Waals surface area contributed by atoms with Crippen molar-refractivity contribution in [1.82, 2.24) is 5.43 Å². The molecule has 19 heavy (non-hydrogen) atoms. The summed E-state index contributed by atoms with van der Waals surface area (Å²) in [7, 11) is 0. The second kappa shape index (κ2) is 15.5. The lowest BCUT2D eigenvalue weighted by Crippen LogP contribution is -2.25. The van der Waals surface area contributed by atoms with Crippen molar-refractivity contribution in [3.05, 3.63) is 11.5 Å². The van der Waals surface area contributed by atoms with E-state index in [-0.39, 0.29) is 5.24 Å². The summed E-state index contributed by atoms with van der Waals surface area (Å²) in [6.07, 6.45) is 11.7. The smallest absolute Gasteiger partial charge is 0.297 e. The fourth-order valence-electron chi connectivity index (χ4n) is 1.60. The molecule has 0 aromatic rings. The number of rotatable bonds is 12. The monoisotopic (exact) mass is 288 g/mol. The van der Waals surface area contributed by atoms with Gasteiger partial charge in [-0.1, -0.05) is 45.1 Å². The minimum Gasteiger partial charge on any atom is -0.381 e. The molecule has 3 N–H and O–H groups in total. The Labute approximate surface area is 121 Å². The number of carbonyl (C=O) groups is 1. The van der Waals surface area contributed by atoms with E-state index in [0.717, 1.165) is 37.8 Å². The van der Waals surface area contributed by atoms with E-state index in [9.17, 15) is 4.79 Å². The number of hydrazine groups is 1. The first kappa shape index (κ1) is 18.5. The van der Waals surface area contributed by atoms with Crippen LogP contribution in [0, 0.1) is 0 Å². The van der Waals surface area contributed by atoms with Crippen molar-refractivity contribution in [1.29, 1.82) is 0 Å². The van der Waals surface area contributed by atoms with Crippen molar-refractivity contribution >= 4 is 17.0 Å². The number of nitrogens with two attached hydrogens (primary N) is 1. The third kappa shape index (κ3) is 15.4. The molecule has 0 aliphatic carbocycles. The Morgan fingerprint density at radius 2 is 1.84 bits per heavy atom. The molecule has 0 saturated heterocycles. The lowest BCUT2D eigenvalue weighted by molar-refractivity contribution is 0.128. The lowest BCUT2D eigenvalue weighted by atomic mass is 10.1. The summed E-state index contributed by atoms with van der Waals surface area (Å²) in [5.74, 6) is 4.94. The molecule has 0 saturated carbocycles. The van der Waals surface area contributed by atoms with Gasteiger partial charge >= 0.3 is 0 Å². The van der Waals surface area contributed by atoms with Gasteiger partial charge < -0.3 is 4.74 Å². The average molecular weight is 288 g/mol. The molecule has 0 bridgehead atoms. The minimum absolute atomic E-state index is 0.240. The fraction of sp³-hybridized carbons (Fsp3) is 0.786. The quantitative estimate of drug-likeness (QED) is 0.247. The van der Waals surface area contributed by atoms with Gasteiger partial charge in [0.1, 0.15) is 0 Å². The summed E-state index contributed by atoms with van der Waals surface area (Å²) < 4.78 is 5.55. The van der Waals surface area contributed by atoms with Crippen LogP contribution >= 0.6 is 11.8 Å². The van der Waals surface area contributed by atoms with E-state index in [1.165, 1.54) is 38.5 Å². The molecular formula is C14H28N2O2S. The van der Waals surface area contributed by atoms with Crippen molar-refractivity contribution < 1.29 is 9.53 Å². The van der Waals surface area contributed by atoms with Gasteiger partial charge in [0.25, 0.3) is 5.24 Å². The Hall–Kier alpha value is -0.520. The van der Waals surface area contributed by atoms with Crippen LogP contribution in [0.1, 0.15) is 58.3 Å². The number of carbonyl (C=O) groups excluding carboxylic acids is 1. The summed E-state index contributed by atoms with van der Waals surface area (Å²) in [6, 6.07) is 0. The first-order valence-electron chi connectivity index (χ1n) is 7.21. The first-order chi connectivity index (χ1) is 9.31. The number of amides is 1. The maximum absolute atomic E-state index is 10.8. The topological polar surface area (TPSA) is 64.3 Å². The van der Waals surface area contributed by atoms with Crippen LogP contribution in [0.3, 0.4) is 0 Å². The van der Waals surface area contributed by atoms with E-state index in [1.54, 1.807) is 5.41 Å². The summed E-state index contributed by atoms with van der Waals surface area (Å²) in [4.78, 5) is 10.8. The second-order valence-corrected chi connectivity index (χ2v) is 5.32. The molecule has 0 aromatic carbocycles. The molecule has 0 unspecified atom stereocenters. The van der Waals surface area contributed by atoms with Crippen LogP contribution in [0.4, 0.5) is 4.79 Å². The van der Waals surface area contributed by atoms with Gasteiger partial charge in [-0.3, -0.25) is 10.2 Å². The number of nitrogens with one attached hydrogen (secondary N) is 1. The van der Waals surface area contributed by atoms with Crippen LogP contribution in [-0.2, 0) is 4.74 Å². The Morgan fingerprint density at radius 1 is 1.16 bits per heavy atom. The van der Waals surface area contributed by atoms with Gasteiger partial charge in [0.2, 0.25) is 0 Å². The number of hydrogen-bond donors (Lipinski definition) is 2. The van der Waals surface area contributed by atoms with Gasteiger partial charge in [-0.2, -0.15) is 0 Å². The molecular weight excluding hydrogens is 260 g/mol. The third-order valence-electron chi connectivity index (χ3n) is 2.69. The number of hydrogen-bond acceptors (Lipinski definition) is 4. The zero-order valence-electron chi connectivity index (χ0n) is 12.0. The summed E-state index contributed by atoms with van der Waals surface area (Å²) in [6.45, 7) is 3.91. The Bertz CT molecular complexity index is 235. The largest absolute Gasteiger partial charge is 0.381 e. The molecule has 0 aliphatic heterocycles. The van der Waals surface area contributed by atoms with Crippen molar-refractivity contribution in [2.24, 2.45) is 5.84 Å². The van der Waals surface area contributed by atoms with Gasteiger partial charge in [0.15, 0.2) is 0 Å². The molecule has 0 rings (SSSR count). The Morgan fingerprint density at radius 3 is 2.58 bits per heavy atom. The first-order valence-corrected chi connectivity index (χ1v) is 8.09. The molecule has 1 amide bonds. The van der Waals surface area contributed by atoms with Gasteiger partial charge in [-0.05, 0) is 36.4 Å². The van der Waals surface area contributed by atoms with Crippen LogP contribution < -0.4 is 11.3 Å². The van der Waals surface area contributed by atoms with E-state index in [4.69, 9.17) is 10.6 Å². The molecule has 4 nitrogen and oxygen atoms in total. The van der Waals surface area contributed by atoms with Crippen LogP contribution in [0.5, 0.6) is 0 Å². The molecule has 0 radical (unpaired) electrons. The highest BCUT2D eigenvalue weighted by atomic mass is 32.2. The summed E-state index contributed by atoms with van der Waals surface area (Å²) >= 11 is 1.06. The van der Waals surface area contributed by atoms with E-state index < -0.39 is 0 Å². The highest BCUT2D eigenvalue weighted by Gasteiger charge is 1.93. The SMILES string of the molecule is CCCCCCCCOCCC/C=C/SC(=O)NN. The van der Waals surface area contributed by atoms with Crippen molar-refractivity contribution in [2.45, 2.75) is 58.3 Å². The molecule has 0 spiro atoms. The standard InChI is InChI=1S/C14H28N2O2S/c1-2-3-4-5-6-8-11-18-12-9-7-10-13-19-14(17)16-15/h10,13H,2-9,11-12,15H2,1H3,(H,16,17)/b13-10+. The average Bonchev–Trinajstić information content (AvgIpc) is 2.43. The van der Waals surface area contributed by atoms with E-state index in [0.29, 0.717) is 0 Å². The number of thioether (sulfide) groups is 1. The molecule has 0 aromatic heterocycles. The zero-order valence-corrected chi connectivity index (χ0v) is 12.8. The summed E-state index contributed by atoms with van der Waals surface area (Å²) in [5.41, 5.74) is 2.06. The predicted molar refractivity (Wildman–Crippen MR) is 82.9 cm³/mol. The molecule has 5 heteroatoms. The maximum atomic E-state index is 10.8. The number of allylic oxidation sites excluding steroid dienone is 1. The van der Waals surface area contributed by atoms with Crippen LogP contribution in [-0.4, -0.2) is 18.5 Å². The molecule has 0 aliphatic rings. The number of unbranched alkanes of at least 4 members (excludes halogenated alkanes) is 6. The second-order valence-electron chi connectivity index (χ2n) is 4.44. The van der Waals surface area contributed by atoms with E-state index in [1.807, 2.05) is 6.08 Å². The van der Waals surface area contributed by atoms with Gasteiger partial charge in [0.05, 0.1) is 0 Å². The molecule has 112 valence electrons. The molecule has 0 atom stereocenters. The lowest BCUT2D eigenvalue weighted by Gasteiger charge is -2.03. The minimum atomic E-state index is -0.240. The highest BCUT2D eigenvalue weighted by Crippen LogP contribution is 2.06. The van der Waals surface area contributed by atoms with Gasteiger partial charge in [-0.25, -0.2) is 5.84 Å². The van der Waals surface area contributed by atoms with Crippen molar-refractivity contribution in [3.8, 4) is 0 Å². The van der Waals surface area contributed by atoms with E-state index >= 15 is 0 Å². The maximum Gasteiger partial charge on any atom is 0.297 e. The van der Waals surface area contributed by atoms with Crippen LogP contribution in [0.2, 0.25) is 0 Å². The fourth-order valence-corrected chi connectivity index (χ4v) is 2.03. The van der Waals surface area contributed by atoms with Crippen LogP contribution in [0.15, 0.2) is 11.5 Å². The normalized spacial score (nSPS) is 11.1. The summed E-state index contributed by atoms with van der Waals surface area (Å²) in [5, 5.41) is 1.52. The van der Waals surface area contributed by atoms with E-state index in [2.05, 4.69) is 12.3 Å². The number of ether oxygens (including phenoxy) is 1. The van der Waals surface area contributed by atoms with Gasteiger partial charge in [0, 0.05) is 13.2 Å². The predicted octanol–water partition coefficient (Wildman–Crippen LogP) is 3.97. The Balaban J connectivity index is 3.08. The zero-order chi connectivity index (χ0) is 14.2. The van der Waals surface area contributed by atoms with Crippen LogP contribution in [0.25, 0.3) is 0 Å². The van der Waals surface area contributed by atoms with Crippen molar-refractivity contribution in [3.63, 3.8) is 0 Å². The Kier molecular flexibility index (Phi) is 15.1. The van der Waals surface area contributed by atoms with Gasteiger partial charge in [-0.15, -0.1) is 0 Å². The highest BCUT2D eigenvalue weighted by molar-refractivity contribution is 8.16.